The lowest BCUT2D eigenvalue weighted by atomic mass is 9.97. The van der Waals surface area contributed by atoms with Crippen LogP contribution in [0.15, 0.2) is 12.1 Å². The molecule has 0 bridgehead atoms. The highest BCUT2D eigenvalue weighted by Gasteiger charge is 2.35. The van der Waals surface area contributed by atoms with Gasteiger partial charge in [0, 0.05) is 11.1 Å². The molecule has 0 heterocycles. The molecule has 0 saturated carbocycles. The number of rotatable bonds is 3. The van der Waals surface area contributed by atoms with Crippen molar-refractivity contribution in [2.24, 2.45) is 0 Å². The molecule has 0 fully saturated rings. The molecule has 1 aromatic rings. The highest BCUT2D eigenvalue weighted by Crippen LogP contribution is 2.33. The van der Waals surface area contributed by atoms with Crippen LogP contribution >= 0.6 is 15.9 Å². The summed E-state index contributed by atoms with van der Waals surface area (Å²) < 4.78 is 38.1. The second-order valence-corrected chi connectivity index (χ2v) is 3.99. The quantitative estimate of drug-likeness (QED) is 0.487. The van der Waals surface area contributed by atoms with E-state index in [4.69, 9.17) is 0 Å². The number of alkyl halides is 4. The van der Waals surface area contributed by atoms with Gasteiger partial charge in [0.15, 0.2) is 5.78 Å². The zero-order valence-electron chi connectivity index (χ0n) is 8.77. The van der Waals surface area contributed by atoms with Crippen LogP contribution in [0, 0.1) is 6.92 Å². The Morgan fingerprint density at radius 1 is 1.41 bits per heavy atom. The number of ketones is 1. The van der Waals surface area contributed by atoms with Gasteiger partial charge >= 0.3 is 6.18 Å². The van der Waals surface area contributed by atoms with E-state index in [1.165, 1.54) is 6.92 Å². The van der Waals surface area contributed by atoms with Crippen LogP contribution in [0.4, 0.5) is 13.2 Å². The predicted molar refractivity (Wildman–Crippen MR) is 59.7 cm³/mol. The number of carbonyl (C=O) groups excluding carboxylic acids is 2. The number of carbonyl (C=O) groups is 2. The Balaban J connectivity index is 3.52. The molecule has 0 aliphatic rings. The van der Waals surface area contributed by atoms with Crippen molar-refractivity contribution < 1.29 is 22.8 Å². The smallest absolute Gasteiger partial charge is 0.298 e. The van der Waals surface area contributed by atoms with Crippen LogP contribution in [0.25, 0.3) is 0 Å². The van der Waals surface area contributed by atoms with Crippen molar-refractivity contribution in [1.82, 2.24) is 0 Å². The molecule has 0 saturated heterocycles. The van der Waals surface area contributed by atoms with E-state index in [2.05, 4.69) is 15.9 Å². The lowest BCUT2D eigenvalue weighted by Gasteiger charge is -2.13. The molecule has 0 atom stereocenters. The molecule has 0 aliphatic carbocycles. The summed E-state index contributed by atoms with van der Waals surface area (Å²) >= 11 is 2.81. The Hall–Kier alpha value is -1.17. The number of aldehydes is 1. The Morgan fingerprint density at radius 3 is 2.41 bits per heavy atom. The van der Waals surface area contributed by atoms with Crippen molar-refractivity contribution >= 4 is 28.0 Å². The van der Waals surface area contributed by atoms with Gasteiger partial charge in [-0.2, -0.15) is 13.2 Å². The van der Waals surface area contributed by atoms with Crippen LogP contribution in [0.1, 0.15) is 31.8 Å². The van der Waals surface area contributed by atoms with Crippen LogP contribution in [0.5, 0.6) is 0 Å². The van der Waals surface area contributed by atoms with E-state index in [9.17, 15) is 22.8 Å². The van der Waals surface area contributed by atoms with Crippen LogP contribution in [-0.2, 0) is 6.18 Å². The first-order valence-corrected chi connectivity index (χ1v) is 5.69. The maximum atomic E-state index is 12.7. The zero-order chi connectivity index (χ0) is 13.2. The zero-order valence-corrected chi connectivity index (χ0v) is 10.4. The average Bonchev–Trinajstić information content (AvgIpc) is 2.26. The van der Waals surface area contributed by atoms with Gasteiger partial charge in [-0.25, -0.2) is 0 Å². The van der Waals surface area contributed by atoms with Gasteiger partial charge in [-0.05, 0) is 24.6 Å². The molecule has 0 aromatic heterocycles. The summed E-state index contributed by atoms with van der Waals surface area (Å²) in [7, 11) is 0. The molecule has 0 N–H and O–H groups in total. The predicted octanol–water partition coefficient (Wildman–Crippen LogP) is 3.40. The monoisotopic (exact) mass is 308 g/mol. The van der Waals surface area contributed by atoms with Gasteiger partial charge in [0.05, 0.1) is 10.9 Å². The molecule has 92 valence electrons. The summed E-state index contributed by atoms with van der Waals surface area (Å²) in [5.41, 5.74) is -1.21. The number of hydrogen-bond donors (Lipinski definition) is 0. The maximum absolute atomic E-state index is 12.7. The molecule has 1 aromatic carbocycles. The van der Waals surface area contributed by atoms with Gasteiger partial charge in [0.25, 0.3) is 0 Å². The Kier molecular flexibility index (Phi) is 4.08. The van der Waals surface area contributed by atoms with Crippen molar-refractivity contribution in [3.8, 4) is 0 Å². The fourth-order valence-electron chi connectivity index (χ4n) is 1.39. The van der Waals surface area contributed by atoms with E-state index in [1.54, 1.807) is 0 Å². The molecular formula is C11H8BrF3O2. The Morgan fingerprint density at radius 2 is 2.00 bits per heavy atom. The Bertz CT molecular complexity index is 467. The number of aryl methyl sites for hydroxylation is 1. The summed E-state index contributed by atoms with van der Waals surface area (Å²) in [6, 6.07) is 1.80. The first-order valence-electron chi connectivity index (χ1n) is 4.57. The van der Waals surface area contributed by atoms with E-state index < -0.39 is 23.1 Å². The molecular weight excluding hydrogens is 301 g/mol. The maximum Gasteiger partial charge on any atom is 0.417 e. The van der Waals surface area contributed by atoms with Crippen LogP contribution in [0.3, 0.4) is 0 Å². The molecule has 2 nitrogen and oxygen atoms in total. The van der Waals surface area contributed by atoms with Crippen molar-refractivity contribution in [3.05, 3.63) is 34.4 Å². The summed E-state index contributed by atoms with van der Waals surface area (Å²) in [5.74, 6) is -0.708. The standard InChI is InChI=1S/C11H8BrF3O2/c1-6-2-9(11(13,14)15)8(10(17)4-12)3-7(6)5-16/h2-3,5H,4H2,1H3. The number of hydrogen-bond acceptors (Lipinski definition) is 2. The minimum atomic E-state index is -4.61. The van der Waals surface area contributed by atoms with Crippen molar-refractivity contribution in [2.45, 2.75) is 13.1 Å². The average molecular weight is 309 g/mol. The lowest BCUT2D eigenvalue weighted by Crippen LogP contribution is -2.15. The second kappa shape index (κ2) is 5.00. The minimum absolute atomic E-state index is 0.0855. The number of halogens is 4. The molecule has 0 amide bonds. The summed E-state index contributed by atoms with van der Waals surface area (Å²) in [6.07, 6.45) is -4.18. The summed E-state index contributed by atoms with van der Waals surface area (Å²) in [6.45, 7) is 1.39. The van der Waals surface area contributed by atoms with Crippen LogP contribution in [-0.4, -0.2) is 17.4 Å². The van der Waals surface area contributed by atoms with E-state index in [0.717, 1.165) is 12.1 Å². The lowest BCUT2D eigenvalue weighted by molar-refractivity contribution is -0.137. The van der Waals surface area contributed by atoms with Gasteiger partial charge in [-0.3, -0.25) is 9.59 Å². The number of benzene rings is 1. The van der Waals surface area contributed by atoms with Crippen molar-refractivity contribution in [1.29, 1.82) is 0 Å². The molecule has 1 rings (SSSR count). The highest BCUT2D eigenvalue weighted by atomic mass is 79.9. The van der Waals surface area contributed by atoms with E-state index >= 15 is 0 Å². The summed E-state index contributed by atoms with van der Waals surface area (Å²) in [4.78, 5) is 22.0. The normalized spacial score (nSPS) is 11.4. The fraction of sp³-hybridized carbons (Fsp3) is 0.273. The van der Waals surface area contributed by atoms with Crippen molar-refractivity contribution in [3.63, 3.8) is 0 Å². The van der Waals surface area contributed by atoms with E-state index in [1.807, 2.05) is 0 Å². The SMILES string of the molecule is Cc1cc(C(F)(F)F)c(C(=O)CBr)cc1C=O. The van der Waals surface area contributed by atoms with Crippen molar-refractivity contribution in [2.75, 3.05) is 5.33 Å². The first kappa shape index (κ1) is 13.9. The molecule has 6 heteroatoms. The van der Waals surface area contributed by atoms with Gasteiger partial charge in [0.2, 0.25) is 0 Å². The second-order valence-electron chi connectivity index (χ2n) is 3.43. The number of Topliss-reactive ketones (excluding diaryl/α,β-unsaturated/α-hetero) is 1. The van der Waals surface area contributed by atoms with Gasteiger partial charge in [-0.1, -0.05) is 15.9 Å². The molecule has 0 spiro atoms. The highest BCUT2D eigenvalue weighted by molar-refractivity contribution is 9.09. The Labute approximate surface area is 104 Å². The van der Waals surface area contributed by atoms with Crippen LogP contribution in [0.2, 0.25) is 0 Å². The molecule has 0 radical (unpaired) electrons. The molecule has 0 unspecified atom stereocenters. The third kappa shape index (κ3) is 2.94. The first-order chi connectivity index (χ1) is 7.81. The largest absolute Gasteiger partial charge is 0.417 e. The van der Waals surface area contributed by atoms with Gasteiger partial charge in [-0.15, -0.1) is 0 Å². The molecule has 17 heavy (non-hydrogen) atoms. The fourth-order valence-corrected chi connectivity index (χ4v) is 1.69. The topological polar surface area (TPSA) is 34.1 Å². The summed E-state index contributed by atoms with van der Waals surface area (Å²) in [5, 5.41) is -0.225. The third-order valence-electron chi connectivity index (χ3n) is 2.26. The van der Waals surface area contributed by atoms with E-state index in [-0.39, 0.29) is 16.5 Å². The molecule has 0 aliphatic heterocycles. The van der Waals surface area contributed by atoms with Gasteiger partial charge in [0.1, 0.15) is 6.29 Å². The van der Waals surface area contributed by atoms with Gasteiger partial charge < -0.3 is 0 Å². The third-order valence-corrected chi connectivity index (χ3v) is 2.77. The minimum Gasteiger partial charge on any atom is -0.298 e. The van der Waals surface area contributed by atoms with E-state index in [0.29, 0.717) is 6.29 Å². The van der Waals surface area contributed by atoms with Crippen LogP contribution < -0.4 is 0 Å².